The lowest BCUT2D eigenvalue weighted by Crippen LogP contribution is -2.34. The molecule has 1 atom stereocenters. The van der Waals surface area contributed by atoms with Crippen LogP contribution in [0, 0.1) is 0 Å². The van der Waals surface area contributed by atoms with Crippen LogP contribution < -0.4 is 0 Å². The van der Waals surface area contributed by atoms with Gasteiger partial charge in [0.05, 0.1) is 6.26 Å². The minimum absolute atomic E-state index is 0.281. The van der Waals surface area contributed by atoms with Gasteiger partial charge in [-0.2, -0.15) is 0 Å². The van der Waals surface area contributed by atoms with Crippen LogP contribution in [0.15, 0.2) is 47.3 Å². The van der Waals surface area contributed by atoms with E-state index in [2.05, 4.69) is 39.8 Å². The average molecular weight is 405 g/mol. The van der Waals surface area contributed by atoms with Crippen molar-refractivity contribution in [1.82, 2.24) is 0 Å². The fourth-order valence-electron chi connectivity index (χ4n) is 2.69. The third-order valence-electron chi connectivity index (χ3n) is 4.27. The van der Waals surface area contributed by atoms with E-state index in [4.69, 9.17) is 9.47 Å². The molecule has 0 radical (unpaired) electrons. The van der Waals surface area contributed by atoms with E-state index >= 15 is 0 Å². The van der Waals surface area contributed by atoms with Gasteiger partial charge in [-0.05, 0) is 59.8 Å². The Labute approximate surface area is 175 Å². The van der Waals surface area contributed by atoms with Crippen LogP contribution in [0.1, 0.15) is 80.1 Å². The summed E-state index contributed by atoms with van der Waals surface area (Å²) >= 11 is 0. The smallest absolute Gasteiger partial charge is 0.307 e. The predicted molar refractivity (Wildman–Crippen MR) is 116 cm³/mol. The molecule has 0 aromatic heterocycles. The molecule has 0 heterocycles. The molecule has 0 fully saturated rings. The normalized spacial score (nSPS) is 14.3. The van der Waals surface area contributed by atoms with Crippen LogP contribution in [0.5, 0.6) is 0 Å². The van der Waals surface area contributed by atoms with Crippen molar-refractivity contribution in [1.29, 1.82) is 0 Å². The predicted octanol–water partition coefficient (Wildman–Crippen LogP) is 5.76. The Balaban J connectivity index is 4.71. The van der Waals surface area contributed by atoms with Crippen molar-refractivity contribution in [3.63, 3.8) is 0 Å². The molecule has 0 rings (SSSR count). The van der Waals surface area contributed by atoms with Crippen molar-refractivity contribution in [3.8, 4) is 0 Å². The van der Waals surface area contributed by atoms with Gasteiger partial charge in [-0.15, -0.1) is 0 Å². The molecule has 5 heteroatoms. The molecule has 29 heavy (non-hydrogen) atoms. The Hall–Kier alpha value is -2.43. The fraction of sp³-hybridized carbons (Fsp3) is 0.542. The second kappa shape index (κ2) is 14.6. The lowest BCUT2D eigenvalue weighted by atomic mass is 9.97. The van der Waals surface area contributed by atoms with Gasteiger partial charge in [0.1, 0.15) is 0 Å². The number of rotatable bonds is 13. The van der Waals surface area contributed by atoms with Gasteiger partial charge in [0.2, 0.25) is 0 Å². The fourth-order valence-corrected chi connectivity index (χ4v) is 2.69. The first-order chi connectivity index (χ1) is 13.6. The topological polar surface area (TPSA) is 69.7 Å². The van der Waals surface area contributed by atoms with Crippen LogP contribution in [0.2, 0.25) is 0 Å². The van der Waals surface area contributed by atoms with Gasteiger partial charge in [0, 0.05) is 26.3 Å². The minimum atomic E-state index is -1.43. The number of aldehydes is 1. The van der Waals surface area contributed by atoms with Crippen LogP contribution in [-0.2, 0) is 23.9 Å². The van der Waals surface area contributed by atoms with Crippen LogP contribution in [0.4, 0.5) is 0 Å². The molecule has 0 amide bonds. The maximum Gasteiger partial charge on any atom is 0.307 e. The van der Waals surface area contributed by atoms with E-state index in [1.165, 1.54) is 36.6 Å². The average Bonchev–Trinajstić information content (AvgIpc) is 2.60. The second-order valence-corrected chi connectivity index (χ2v) is 7.58. The molecular weight excluding hydrogens is 368 g/mol. The van der Waals surface area contributed by atoms with Gasteiger partial charge < -0.3 is 9.47 Å². The van der Waals surface area contributed by atoms with E-state index in [0.29, 0.717) is 12.7 Å². The summed E-state index contributed by atoms with van der Waals surface area (Å²) in [5, 5.41) is 0. The van der Waals surface area contributed by atoms with E-state index in [1.807, 2.05) is 6.08 Å². The lowest BCUT2D eigenvalue weighted by Gasteiger charge is -2.23. The maximum absolute atomic E-state index is 11.6. The molecular formula is C24H36O5. The SMILES string of the molecule is CC(=O)OC=CC(C=O)(CCC=C(C)CCC=C(C)CCC=C(C)C)OC(C)=O. The summed E-state index contributed by atoms with van der Waals surface area (Å²) in [6.07, 6.45) is 14.4. The molecule has 0 bridgehead atoms. The molecule has 0 spiro atoms. The summed E-state index contributed by atoms with van der Waals surface area (Å²) in [6, 6.07) is 0. The minimum Gasteiger partial charge on any atom is -0.447 e. The van der Waals surface area contributed by atoms with E-state index in [-0.39, 0.29) is 6.42 Å². The first-order valence-electron chi connectivity index (χ1n) is 10.1. The van der Waals surface area contributed by atoms with E-state index in [1.54, 1.807) is 0 Å². The monoisotopic (exact) mass is 404 g/mol. The van der Waals surface area contributed by atoms with Gasteiger partial charge in [-0.25, -0.2) is 0 Å². The Morgan fingerprint density at radius 1 is 0.793 bits per heavy atom. The van der Waals surface area contributed by atoms with E-state index in [9.17, 15) is 14.4 Å². The largest absolute Gasteiger partial charge is 0.447 e. The van der Waals surface area contributed by atoms with Gasteiger partial charge in [-0.1, -0.05) is 34.9 Å². The Bertz CT molecular complexity index is 663. The van der Waals surface area contributed by atoms with Crippen molar-refractivity contribution in [2.24, 2.45) is 0 Å². The number of esters is 2. The summed E-state index contributed by atoms with van der Waals surface area (Å²) in [7, 11) is 0. The van der Waals surface area contributed by atoms with Crippen molar-refractivity contribution >= 4 is 18.2 Å². The Morgan fingerprint density at radius 3 is 1.83 bits per heavy atom. The standard InChI is InChI=1S/C24H36O5/c1-19(2)10-7-11-20(3)12-8-13-21(4)14-9-15-24(18-25,29-23(6)27)16-17-28-22(5)26/h10,12,14,16-18H,7-9,11,13,15H2,1-6H3. The Kier molecular flexibility index (Phi) is 13.3. The maximum atomic E-state index is 11.6. The third kappa shape index (κ3) is 14.3. The highest BCUT2D eigenvalue weighted by Crippen LogP contribution is 2.20. The number of allylic oxidation sites excluding steroid dienone is 6. The van der Waals surface area contributed by atoms with E-state index in [0.717, 1.165) is 31.9 Å². The number of carbonyl (C=O) groups excluding carboxylic acids is 3. The van der Waals surface area contributed by atoms with E-state index < -0.39 is 17.5 Å². The highest BCUT2D eigenvalue weighted by molar-refractivity contribution is 5.75. The number of carbonyl (C=O) groups is 3. The number of hydrogen-bond acceptors (Lipinski definition) is 5. The highest BCUT2D eigenvalue weighted by atomic mass is 16.6. The molecule has 0 aliphatic heterocycles. The van der Waals surface area contributed by atoms with Crippen LogP contribution in [0.25, 0.3) is 0 Å². The summed E-state index contributed by atoms with van der Waals surface area (Å²) in [5.74, 6) is -1.08. The molecule has 1 unspecified atom stereocenters. The van der Waals surface area contributed by atoms with Gasteiger partial charge in [-0.3, -0.25) is 14.4 Å². The van der Waals surface area contributed by atoms with Crippen LogP contribution in [-0.4, -0.2) is 23.8 Å². The van der Waals surface area contributed by atoms with Crippen LogP contribution in [0.3, 0.4) is 0 Å². The first kappa shape index (κ1) is 26.6. The zero-order valence-electron chi connectivity index (χ0n) is 18.7. The van der Waals surface area contributed by atoms with Gasteiger partial charge in [0.15, 0.2) is 11.9 Å². The zero-order chi connectivity index (χ0) is 22.3. The first-order valence-corrected chi connectivity index (χ1v) is 10.1. The molecule has 0 aliphatic rings. The second-order valence-electron chi connectivity index (χ2n) is 7.58. The van der Waals surface area contributed by atoms with Crippen LogP contribution >= 0.6 is 0 Å². The Morgan fingerprint density at radius 2 is 1.34 bits per heavy atom. The molecule has 0 aromatic rings. The van der Waals surface area contributed by atoms with Gasteiger partial charge in [0.25, 0.3) is 0 Å². The molecule has 0 saturated heterocycles. The van der Waals surface area contributed by atoms with Crippen molar-refractivity contribution in [3.05, 3.63) is 47.3 Å². The summed E-state index contributed by atoms with van der Waals surface area (Å²) in [6.45, 7) is 10.9. The summed E-state index contributed by atoms with van der Waals surface area (Å²) in [4.78, 5) is 33.9. The molecule has 0 saturated carbocycles. The van der Waals surface area contributed by atoms with Gasteiger partial charge >= 0.3 is 11.9 Å². The molecule has 0 aromatic carbocycles. The number of hydrogen-bond donors (Lipinski definition) is 0. The summed E-state index contributed by atoms with van der Waals surface area (Å²) < 4.78 is 9.92. The van der Waals surface area contributed by atoms with Crippen molar-refractivity contribution < 1.29 is 23.9 Å². The molecule has 162 valence electrons. The zero-order valence-corrected chi connectivity index (χ0v) is 18.7. The quantitative estimate of drug-likeness (QED) is 0.169. The molecule has 0 aliphatic carbocycles. The third-order valence-corrected chi connectivity index (χ3v) is 4.27. The van der Waals surface area contributed by atoms with Crippen molar-refractivity contribution in [2.75, 3.05) is 0 Å². The lowest BCUT2D eigenvalue weighted by molar-refractivity contribution is -0.156. The van der Waals surface area contributed by atoms with Crippen molar-refractivity contribution in [2.45, 2.75) is 85.7 Å². The molecule has 5 nitrogen and oxygen atoms in total. The molecule has 0 N–H and O–H groups in total. The highest BCUT2D eigenvalue weighted by Gasteiger charge is 2.30. The summed E-state index contributed by atoms with van der Waals surface area (Å²) in [5.41, 5.74) is 2.52. The number of ether oxygens (including phenoxy) is 2.